The summed E-state index contributed by atoms with van der Waals surface area (Å²) in [4.78, 5) is 17.2. The number of carbonyl (C=O) groups is 1. The van der Waals surface area contributed by atoms with E-state index in [4.69, 9.17) is 16.4 Å². The Morgan fingerprint density at radius 1 is 1.19 bits per heavy atom. The quantitative estimate of drug-likeness (QED) is 0.145. The van der Waals surface area contributed by atoms with E-state index in [0.717, 1.165) is 10.9 Å². The number of nitrogens with one attached hydrogen (secondary N) is 2. The number of hydrogen-bond donors (Lipinski definition) is 4. The van der Waals surface area contributed by atoms with E-state index in [1.165, 1.54) is 12.1 Å². The Morgan fingerprint density at radius 2 is 1.97 bits per heavy atom. The van der Waals surface area contributed by atoms with Crippen LogP contribution in [0.25, 0.3) is 22.2 Å². The fourth-order valence-electron chi connectivity index (χ4n) is 3.11. The van der Waals surface area contributed by atoms with Crippen LogP contribution >= 0.6 is 0 Å². The number of pyridine rings is 1. The number of hydrogen-bond acceptors (Lipinski definition) is 6. The number of hydrazine groups is 1. The van der Waals surface area contributed by atoms with Crippen LogP contribution in [0.2, 0.25) is 0 Å². The summed E-state index contributed by atoms with van der Waals surface area (Å²) in [6.07, 6.45) is 1.15. The number of aromatic nitrogens is 1. The highest BCUT2D eigenvalue weighted by Gasteiger charge is 2.12. The summed E-state index contributed by atoms with van der Waals surface area (Å²) < 4.78 is 19.1. The molecule has 0 saturated heterocycles. The molecule has 1 heterocycles. The number of nitrogens with two attached hydrogens (primary N) is 2. The molecule has 0 spiro atoms. The van der Waals surface area contributed by atoms with Crippen LogP contribution in [-0.4, -0.2) is 29.9 Å². The number of carbonyl (C=O) groups excluding carboxylic acids is 1. The second kappa shape index (κ2) is 10.4. The Kier molecular flexibility index (Phi) is 7.34. The average molecular weight is 424 g/mol. The first-order chi connectivity index (χ1) is 15.0. The molecule has 2 aromatic carbocycles. The standard InChI is InChI=1S/C22H25FN6O2/c1-2-31-20-13-18(14-5-8-16(23)9-6-14)27-19-12-15(7-10-17(19)20)22(30)26-11-3-4-21(28-24)29-25/h5-10,12-13H,2-4,11,24-25H2,1H3,(H,26,30)(H,28,29). The second-order valence-electron chi connectivity index (χ2n) is 6.76. The first-order valence-corrected chi connectivity index (χ1v) is 9.90. The topological polar surface area (TPSA) is 128 Å². The van der Waals surface area contributed by atoms with E-state index < -0.39 is 0 Å². The molecule has 0 bridgehead atoms. The fraction of sp³-hybridized carbons (Fsp3) is 0.227. The van der Waals surface area contributed by atoms with Gasteiger partial charge in [0.25, 0.3) is 5.91 Å². The molecular weight excluding hydrogens is 399 g/mol. The molecule has 6 N–H and O–H groups in total. The lowest BCUT2D eigenvalue weighted by Crippen LogP contribution is -2.32. The zero-order valence-corrected chi connectivity index (χ0v) is 17.2. The first kappa shape index (κ1) is 22.0. The number of rotatable bonds is 8. The molecule has 0 unspecified atom stereocenters. The van der Waals surface area contributed by atoms with E-state index in [1.54, 1.807) is 24.3 Å². The number of benzene rings is 2. The molecule has 9 heteroatoms. The predicted molar refractivity (Wildman–Crippen MR) is 119 cm³/mol. The van der Waals surface area contributed by atoms with Crippen LogP contribution in [-0.2, 0) is 0 Å². The van der Waals surface area contributed by atoms with Crippen molar-refractivity contribution in [3.63, 3.8) is 0 Å². The number of hydrazone groups is 1. The van der Waals surface area contributed by atoms with Crippen LogP contribution in [0.4, 0.5) is 4.39 Å². The third kappa shape index (κ3) is 5.46. The largest absolute Gasteiger partial charge is 0.493 e. The molecule has 3 rings (SSSR count). The van der Waals surface area contributed by atoms with Crippen LogP contribution in [0.15, 0.2) is 53.6 Å². The summed E-state index contributed by atoms with van der Waals surface area (Å²) in [5, 5.41) is 7.15. The van der Waals surface area contributed by atoms with Crippen molar-refractivity contribution in [1.82, 2.24) is 15.7 Å². The van der Waals surface area contributed by atoms with Gasteiger partial charge in [-0.2, -0.15) is 5.10 Å². The molecule has 0 aliphatic heterocycles. The van der Waals surface area contributed by atoms with Crippen LogP contribution in [0.3, 0.4) is 0 Å². The van der Waals surface area contributed by atoms with Gasteiger partial charge in [0.05, 0.1) is 17.8 Å². The van der Waals surface area contributed by atoms with E-state index in [-0.39, 0.29) is 11.7 Å². The van der Waals surface area contributed by atoms with Gasteiger partial charge >= 0.3 is 0 Å². The van der Waals surface area contributed by atoms with E-state index in [2.05, 4.69) is 20.8 Å². The highest BCUT2D eigenvalue weighted by molar-refractivity contribution is 5.99. The van der Waals surface area contributed by atoms with Crippen molar-refractivity contribution in [3.8, 4) is 17.0 Å². The van der Waals surface area contributed by atoms with Gasteiger partial charge in [0.2, 0.25) is 0 Å². The molecule has 8 nitrogen and oxygen atoms in total. The molecule has 0 atom stereocenters. The monoisotopic (exact) mass is 424 g/mol. The summed E-state index contributed by atoms with van der Waals surface area (Å²) in [6.45, 7) is 2.81. The minimum absolute atomic E-state index is 0.221. The van der Waals surface area contributed by atoms with Gasteiger partial charge in [-0.05, 0) is 55.8 Å². The minimum atomic E-state index is -0.319. The average Bonchev–Trinajstić information content (AvgIpc) is 2.79. The summed E-state index contributed by atoms with van der Waals surface area (Å²) in [5.41, 5.74) is 4.88. The molecule has 31 heavy (non-hydrogen) atoms. The van der Waals surface area contributed by atoms with Crippen molar-refractivity contribution in [2.75, 3.05) is 13.2 Å². The zero-order chi connectivity index (χ0) is 22.2. The number of halogens is 1. The van der Waals surface area contributed by atoms with Crippen molar-refractivity contribution in [2.24, 2.45) is 16.8 Å². The minimum Gasteiger partial charge on any atom is -0.493 e. The Hall–Kier alpha value is -3.72. The molecule has 0 saturated carbocycles. The molecule has 1 aromatic heterocycles. The third-order valence-corrected chi connectivity index (χ3v) is 4.67. The Bertz CT molecular complexity index is 1090. The van der Waals surface area contributed by atoms with E-state index in [1.807, 2.05) is 19.1 Å². The third-order valence-electron chi connectivity index (χ3n) is 4.67. The molecule has 3 aromatic rings. The van der Waals surface area contributed by atoms with E-state index >= 15 is 0 Å². The maximum Gasteiger partial charge on any atom is 0.251 e. The van der Waals surface area contributed by atoms with Gasteiger partial charge in [-0.1, -0.05) is 0 Å². The SMILES string of the molecule is CCOc1cc(-c2ccc(F)cc2)nc2cc(C(=O)NCCC/C(=N/N)NN)ccc12. The highest BCUT2D eigenvalue weighted by atomic mass is 19.1. The molecule has 0 fully saturated rings. The van der Waals surface area contributed by atoms with Crippen molar-refractivity contribution in [2.45, 2.75) is 19.8 Å². The number of fused-ring (bicyclic) bond motifs is 1. The lowest BCUT2D eigenvalue weighted by atomic mass is 10.1. The molecule has 0 aliphatic rings. The van der Waals surface area contributed by atoms with Gasteiger partial charge in [0.1, 0.15) is 17.4 Å². The maximum absolute atomic E-state index is 13.3. The number of nitrogens with zero attached hydrogens (tertiary/aromatic N) is 2. The van der Waals surface area contributed by atoms with Crippen LogP contribution in [0.1, 0.15) is 30.1 Å². The van der Waals surface area contributed by atoms with Gasteiger partial charge in [0.15, 0.2) is 0 Å². The molecule has 1 amide bonds. The Balaban J connectivity index is 1.84. The Labute approximate surface area is 179 Å². The number of amidine groups is 1. The predicted octanol–water partition coefficient (Wildman–Crippen LogP) is 2.69. The molecular formula is C22H25FN6O2. The van der Waals surface area contributed by atoms with Gasteiger partial charge in [-0.15, -0.1) is 0 Å². The van der Waals surface area contributed by atoms with Crippen molar-refractivity contribution in [3.05, 3.63) is 59.9 Å². The van der Waals surface area contributed by atoms with Gasteiger partial charge < -0.3 is 21.3 Å². The van der Waals surface area contributed by atoms with E-state index in [9.17, 15) is 9.18 Å². The fourth-order valence-corrected chi connectivity index (χ4v) is 3.11. The van der Waals surface area contributed by atoms with Crippen molar-refractivity contribution < 1.29 is 13.9 Å². The van der Waals surface area contributed by atoms with Gasteiger partial charge in [-0.25, -0.2) is 15.2 Å². The van der Waals surface area contributed by atoms with Gasteiger partial charge in [0, 0.05) is 35.5 Å². The van der Waals surface area contributed by atoms with E-state index in [0.29, 0.717) is 54.4 Å². The second-order valence-corrected chi connectivity index (χ2v) is 6.76. The maximum atomic E-state index is 13.3. The summed E-state index contributed by atoms with van der Waals surface area (Å²) in [5.74, 6) is 11.0. The summed E-state index contributed by atoms with van der Waals surface area (Å²) >= 11 is 0. The molecule has 0 aliphatic carbocycles. The smallest absolute Gasteiger partial charge is 0.251 e. The normalized spacial score (nSPS) is 11.4. The van der Waals surface area contributed by atoms with Crippen molar-refractivity contribution >= 4 is 22.6 Å². The lowest BCUT2D eigenvalue weighted by molar-refractivity contribution is 0.0953. The highest BCUT2D eigenvalue weighted by Crippen LogP contribution is 2.31. The van der Waals surface area contributed by atoms with Gasteiger partial charge in [-0.3, -0.25) is 4.79 Å². The number of amides is 1. The van der Waals surface area contributed by atoms with Crippen molar-refractivity contribution in [1.29, 1.82) is 0 Å². The van der Waals surface area contributed by atoms with Crippen LogP contribution in [0, 0.1) is 5.82 Å². The summed E-state index contributed by atoms with van der Waals surface area (Å²) in [7, 11) is 0. The zero-order valence-electron chi connectivity index (χ0n) is 17.2. The number of ether oxygens (including phenoxy) is 1. The lowest BCUT2D eigenvalue weighted by Gasteiger charge is -2.12. The van der Waals surface area contributed by atoms with Crippen LogP contribution in [0.5, 0.6) is 5.75 Å². The molecule has 0 radical (unpaired) electrons. The first-order valence-electron chi connectivity index (χ1n) is 9.90. The molecule has 162 valence electrons. The van der Waals surface area contributed by atoms with Crippen LogP contribution < -0.4 is 27.2 Å². The Morgan fingerprint density at radius 3 is 2.65 bits per heavy atom. The summed E-state index contributed by atoms with van der Waals surface area (Å²) in [6, 6.07) is 13.2.